The Morgan fingerprint density at radius 3 is 2.68 bits per heavy atom. The molecular weight excluding hydrogens is 572 g/mol. The molecule has 0 saturated carbocycles. The minimum atomic E-state index is -1.36. The first-order valence-corrected chi connectivity index (χ1v) is 16.7. The van der Waals surface area contributed by atoms with Gasteiger partial charge in [0.15, 0.2) is 0 Å². The second-order valence-electron chi connectivity index (χ2n) is 12.4. The first-order chi connectivity index (χ1) is 21.1. The van der Waals surface area contributed by atoms with Crippen molar-refractivity contribution in [2.75, 3.05) is 44.0 Å². The van der Waals surface area contributed by atoms with E-state index in [4.69, 9.17) is 15.2 Å². The summed E-state index contributed by atoms with van der Waals surface area (Å²) in [6.07, 6.45) is 1.71. The highest BCUT2D eigenvalue weighted by atomic mass is 32.2. The molecule has 8 nitrogen and oxygen atoms in total. The number of benzene rings is 3. The van der Waals surface area contributed by atoms with E-state index in [1.54, 1.807) is 0 Å². The zero-order chi connectivity index (χ0) is 31.4. The maximum Gasteiger partial charge on any atom is 0.225 e. The van der Waals surface area contributed by atoms with Crippen LogP contribution in [0, 0.1) is 19.8 Å². The first-order valence-electron chi connectivity index (χ1n) is 15.6. The maximum atomic E-state index is 13.7. The van der Waals surface area contributed by atoms with Crippen LogP contribution in [0.5, 0.6) is 5.75 Å². The molecule has 3 unspecified atom stereocenters. The summed E-state index contributed by atoms with van der Waals surface area (Å²) in [5.41, 5.74) is 12.9. The van der Waals surface area contributed by atoms with Crippen LogP contribution >= 0.6 is 0 Å². The molecule has 0 radical (unpaired) electrons. The van der Waals surface area contributed by atoms with Crippen LogP contribution in [0.4, 0.5) is 11.4 Å². The molecule has 1 saturated heterocycles. The number of para-hydroxylation sites is 1. The van der Waals surface area contributed by atoms with Gasteiger partial charge < -0.3 is 25.8 Å². The predicted molar refractivity (Wildman–Crippen MR) is 177 cm³/mol. The van der Waals surface area contributed by atoms with Gasteiger partial charge in [0.1, 0.15) is 23.3 Å². The number of nitrogens with zero attached hydrogens (tertiary/aromatic N) is 1. The van der Waals surface area contributed by atoms with Gasteiger partial charge in [-0.1, -0.05) is 36.4 Å². The third kappa shape index (κ3) is 6.80. The number of carbonyl (C=O) groups is 1. The Bertz CT molecular complexity index is 1520. The van der Waals surface area contributed by atoms with Crippen LogP contribution in [-0.4, -0.2) is 52.9 Å². The van der Waals surface area contributed by atoms with E-state index in [0.29, 0.717) is 49.2 Å². The Balaban J connectivity index is 1.53. The predicted octanol–water partition coefficient (Wildman–Crippen LogP) is 5.69. The number of amides is 1. The van der Waals surface area contributed by atoms with E-state index in [0.717, 1.165) is 52.9 Å². The third-order valence-corrected chi connectivity index (χ3v) is 10.4. The van der Waals surface area contributed by atoms with Crippen molar-refractivity contribution >= 4 is 28.3 Å². The monoisotopic (exact) mass is 618 g/mol. The average molecular weight is 619 g/mol. The van der Waals surface area contributed by atoms with Crippen molar-refractivity contribution in [3.8, 4) is 5.75 Å². The highest BCUT2D eigenvalue weighted by molar-refractivity contribution is 7.82. The summed E-state index contributed by atoms with van der Waals surface area (Å²) >= 11 is 0. The van der Waals surface area contributed by atoms with Gasteiger partial charge in [0.05, 0.1) is 28.8 Å². The van der Waals surface area contributed by atoms with Crippen molar-refractivity contribution in [3.63, 3.8) is 0 Å². The van der Waals surface area contributed by atoms with E-state index in [1.807, 2.05) is 34.6 Å². The average Bonchev–Trinajstić information content (AvgIpc) is 3.17. The summed E-state index contributed by atoms with van der Waals surface area (Å²) < 4.78 is 27.2. The van der Waals surface area contributed by atoms with Gasteiger partial charge in [-0.15, -0.1) is 0 Å². The van der Waals surface area contributed by atoms with Crippen molar-refractivity contribution in [2.45, 2.75) is 70.4 Å². The molecule has 2 aliphatic heterocycles. The SMILES string of the molecule is CCNc1ccc(C(c2ccc(C)c(CN3CCOc4ccccc4S3=O)c2)C(C)(C)NC(=O)C2CCCOC2)c(C)c1N. The Labute approximate surface area is 264 Å². The number of anilines is 2. The number of rotatable bonds is 9. The van der Waals surface area contributed by atoms with Gasteiger partial charge in [-0.3, -0.25) is 4.79 Å². The summed E-state index contributed by atoms with van der Waals surface area (Å²) in [5.74, 6) is 0.323. The van der Waals surface area contributed by atoms with E-state index >= 15 is 0 Å². The van der Waals surface area contributed by atoms with Crippen LogP contribution in [-0.2, 0) is 27.1 Å². The summed E-state index contributed by atoms with van der Waals surface area (Å²) in [6, 6.07) is 18.2. The number of ether oxygens (including phenoxy) is 2. The van der Waals surface area contributed by atoms with Crippen LogP contribution in [0.1, 0.15) is 67.3 Å². The topological polar surface area (TPSA) is 106 Å². The lowest BCUT2D eigenvalue weighted by Gasteiger charge is -2.39. The molecule has 1 amide bonds. The van der Waals surface area contributed by atoms with Crippen LogP contribution in [0.25, 0.3) is 0 Å². The standard InChI is InChI=1S/C35H46N4O4S/c1-6-37-29-16-15-28(24(3)33(29)36)32(35(4,5)38-34(40)26-10-9-18-42-22-26)25-14-13-23(2)27(20-25)21-39-17-19-43-30-11-7-8-12-31(30)44(39)41/h7-8,11-16,20,26,32,37H,6,9-10,17-19,21-22,36H2,1-5H3,(H,38,40). The highest BCUT2D eigenvalue weighted by Gasteiger charge is 2.37. The largest absolute Gasteiger partial charge is 0.491 e. The van der Waals surface area contributed by atoms with Crippen LogP contribution in [0.2, 0.25) is 0 Å². The second kappa shape index (κ2) is 13.7. The van der Waals surface area contributed by atoms with E-state index in [1.165, 1.54) is 0 Å². The Morgan fingerprint density at radius 1 is 1.14 bits per heavy atom. The van der Waals surface area contributed by atoms with Gasteiger partial charge in [-0.25, -0.2) is 8.51 Å². The van der Waals surface area contributed by atoms with E-state index in [9.17, 15) is 9.00 Å². The quantitative estimate of drug-likeness (QED) is 0.266. The molecule has 0 bridgehead atoms. The lowest BCUT2D eigenvalue weighted by atomic mass is 9.74. The molecule has 9 heteroatoms. The minimum absolute atomic E-state index is 0.0144. The van der Waals surface area contributed by atoms with E-state index in [2.05, 4.69) is 69.5 Å². The number of nitrogens with one attached hydrogen (secondary N) is 2. The molecule has 236 valence electrons. The molecule has 0 spiro atoms. The van der Waals surface area contributed by atoms with Gasteiger partial charge in [0.25, 0.3) is 0 Å². The summed E-state index contributed by atoms with van der Waals surface area (Å²) in [5, 5.41) is 6.76. The normalized spacial score (nSPS) is 19.8. The van der Waals surface area contributed by atoms with Gasteiger partial charge in [-0.05, 0) is 93.5 Å². The lowest BCUT2D eigenvalue weighted by molar-refractivity contribution is -0.130. The molecule has 3 atom stereocenters. The molecule has 44 heavy (non-hydrogen) atoms. The van der Waals surface area contributed by atoms with Crippen molar-refractivity contribution in [3.05, 3.63) is 82.4 Å². The smallest absolute Gasteiger partial charge is 0.225 e. The van der Waals surface area contributed by atoms with Crippen molar-refractivity contribution in [1.29, 1.82) is 0 Å². The van der Waals surface area contributed by atoms with Crippen LogP contribution < -0.4 is 21.1 Å². The fourth-order valence-corrected chi connectivity index (χ4v) is 7.66. The fraction of sp³-hybridized carbons (Fsp3) is 0.457. The number of hydrogen-bond donors (Lipinski definition) is 3. The van der Waals surface area contributed by atoms with E-state index in [-0.39, 0.29) is 17.7 Å². The number of aryl methyl sites for hydroxylation is 1. The van der Waals surface area contributed by atoms with Gasteiger partial charge in [-0.2, -0.15) is 0 Å². The third-order valence-electron chi connectivity index (χ3n) is 8.86. The summed E-state index contributed by atoms with van der Waals surface area (Å²) in [4.78, 5) is 14.2. The first kappa shape index (κ1) is 32.0. The van der Waals surface area contributed by atoms with E-state index < -0.39 is 16.5 Å². The Morgan fingerprint density at radius 2 is 1.93 bits per heavy atom. The Kier molecular flexibility index (Phi) is 9.97. The molecule has 1 fully saturated rings. The fourth-order valence-electron chi connectivity index (χ4n) is 6.39. The lowest BCUT2D eigenvalue weighted by Crippen LogP contribution is -2.51. The molecule has 3 aromatic carbocycles. The van der Waals surface area contributed by atoms with Crippen molar-refractivity contribution in [2.24, 2.45) is 5.92 Å². The number of fused-ring (bicyclic) bond motifs is 1. The molecule has 3 aromatic rings. The highest BCUT2D eigenvalue weighted by Crippen LogP contribution is 2.41. The molecule has 2 aliphatic rings. The van der Waals surface area contributed by atoms with Crippen molar-refractivity contribution in [1.82, 2.24) is 9.62 Å². The zero-order valence-corrected chi connectivity index (χ0v) is 27.4. The van der Waals surface area contributed by atoms with Crippen LogP contribution in [0.15, 0.2) is 59.5 Å². The maximum absolute atomic E-state index is 13.7. The molecule has 0 aromatic heterocycles. The summed E-state index contributed by atoms with van der Waals surface area (Å²) in [6.45, 7) is 13.8. The number of nitrogens with two attached hydrogens (primary N) is 1. The molecule has 5 rings (SSSR count). The summed E-state index contributed by atoms with van der Waals surface area (Å²) in [7, 11) is -1.36. The second-order valence-corrected chi connectivity index (χ2v) is 13.9. The molecule has 2 heterocycles. The van der Waals surface area contributed by atoms with Crippen molar-refractivity contribution < 1.29 is 18.5 Å². The molecular formula is C35H46N4O4S. The zero-order valence-electron chi connectivity index (χ0n) is 26.6. The number of nitrogen functional groups attached to an aromatic ring is 1. The van der Waals surface area contributed by atoms with Crippen LogP contribution in [0.3, 0.4) is 0 Å². The number of carbonyl (C=O) groups excluding carboxylic acids is 1. The molecule has 0 aliphatic carbocycles. The Hall–Kier alpha value is -3.40. The van der Waals surface area contributed by atoms with Gasteiger partial charge >= 0.3 is 0 Å². The number of hydrogen-bond acceptors (Lipinski definition) is 6. The minimum Gasteiger partial charge on any atom is -0.491 e. The van der Waals surface area contributed by atoms with Gasteiger partial charge in [0, 0.05) is 37.7 Å². The molecule has 4 N–H and O–H groups in total. The van der Waals surface area contributed by atoms with Gasteiger partial charge in [0.2, 0.25) is 5.91 Å².